The number of hydrogen-bond acceptors (Lipinski definition) is 4. The molecule has 118 valence electrons. The minimum absolute atomic E-state index is 0.257. The molecular weight excluding hydrogens is 299 g/mol. The largest absolute Gasteiger partial charge is 0.384 e. The Morgan fingerprint density at radius 3 is 1.55 bits per heavy atom. The van der Waals surface area contributed by atoms with Crippen molar-refractivity contribution in [3.8, 4) is 0 Å². The Kier molecular flexibility index (Phi) is 6.81. The predicted molar refractivity (Wildman–Crippen MR) is 86.9 cm³/mol. The van der Waals surface area contributed by atoms with Gasteiger partial charge in [0.25, 0.3) is 0 Å². The molecule has 0 aliphatic carbocycles. The zero-order valence-electron chi connectivity index (χ0n) is 12.4. The summed E-state index contributed by atoms with van der Waals surface area (Å²) in [5.41, 5.74) is 2.19. The van der Waals surface area contributed by atoms with Crippen molar-refractivity contribution in [1.29, 1.82) is 0 Å². The van der Waals surface area contributed by atoms with Gasteiger partial charge < -0.3 is 14.2 Å². The Morgan fingerprint density at radius 1 is 0.773 bits per heavy atom. The van der Waals surface area contributed by atoms with Crippen LogP contribution in [0, 0.1) is 0 Å². The minimum atomic E-state index is -3.42. The van der Waals surface area contributed by atoms with E-state index in [9.17, 15) is 9.67 Å². The summed E-state index contributed by atoms with van der Waals surface area (Å²) in [7, 11) is -3.42. The predicted octanol–water partition coefficient (Wildman–Crippen LogP) is 3.65. The summed E-state index contributed by atoms with van der Waals surface area (Å²) in [6.07, 6.45) is 0.663. The van der Waals surface area contributed by atoms with Crippen molar-refractivity contribution in [1.82, 2.24) is 0 Å². The molecule has 0 saturated carbocycles. The van der Waals surface area contributed by atoms with Gasteiger partial charge in [0.1, 0.15) is 6.35 Å². The maximum atomic E-state index is 12.3. The van der Waals surface area contributed by atoms with Crippen molar-refractivity contribution in [2.24, 2.45) is 0 Å². The van der Waals surface area contributed by atoms with Gasteiger partial charge in [-0.25, -0.2) is 0 Å². The molecule has 0 bridgehead atoms. The van der Waals surface area contributed by atoms with E-state index in [2.05, 4.69) is 0 Å². The van der Waals surface area contributed by atoms with E-state index in [0.29, 0.717) is 12.8 Å². The molecule has 0 aromatic heterocycles. The third kappa shape index (κ3) is 5.74. The first-order valence-corrected chi connectivity index (χ1v) is 9.01. The molecule has 0 fully saturated rings. The molecule has 2 rings (SSSR count). The Labute approximate surface area is 131 Å². The minimum Gasteiger partial charge on any atom is -0.384 e. The molecule has 0 saturated heterocycles. The van der Waals surface area contributed by atoms with Crippen molar-refractivity contribution in [3.05, 3.63) is 71.8 Å². The number of aliphatic hydroxyl groups is 1. The summed E-state index contributed by atoms with van der Waals surface area (Å²) in [6.45, 7) is 0.514. The number of aliphatic hydroxyl groups excluding tert-OH is 1. The molecule has 0 radical (unpaired) electrons. The van der Waals surface area contributed by atoms with Crippen LogP contribution in [0.4, 0.5) is 0 Å². The van der Waals surface area contributed by atoms with E-state index in [-0.39, 0.29) is 13.2 Å². The fraction of sp³-hybridized carbons (Fsp3) is 0.294. The van der Waals surface area contributed by atoms with E-state index in [0.717, 1.165) is 11.1 Å². The topological polar surface area (TPSA) is 55.8 Å². The monoisotopic (exact) mass is 320 g/mol. The summed E-state index contributed by atoms with van der Waals surface area (Å²) < 4.78 is 22.9. The normalized spacial score (nSPS) is 11.5. The van der Waals surface area contributed by atoms with Crippen molar-refractivity contribution in [2.45, 2.75) is 12.8 Å². The molecule has 0 atom stereocenters. The molecule has 0 heterocycles. The highest BCUT2D eigenvalue weighted by Gasteiger charge is 2.23. The zero-order valence-corrected chi connectivity index (χ0v) is 13.3. The standard InChI is InChI=1S/C17H21O4P/c18-15-22(19,20-13-11-16-7-3-1-4-8-16)21-14-12-17-9-5-2-6-10-17/h1-10,18H,11-15H2. The summed E-state index contributed by atoms with van der Waals surface area (Å²) in [5.74, 6) is 0. The lowest BCUT2D eigenvalue weighted by Gasteiger charge is -2.16. The van der Waals surface area contributed by atoms with Crippen LogP contribution in [0.5, 0.6) is 0 Å². The van der Waals surface area contributed by atoms with Crippen LogP contribution >= 0.6 is 7.60 Å². The number of benzene rings is 2. The molecule has 0 unspecified atom stereocenters. The molecule has 0 aliphatic rings. The van der Waals surface area contributed by atoms with E-state index in [1.165, 1.54) is 0 Å². The molecule has 2 aromatic rings. The third-order valence-corrected chi connectivity index (χ3v) is 4.71. The van der Waals surface area contributed by atoms with Crippen LogP contribution in [-0.2, 0) is 26.5 Å². The van der Waals surface area contributed by atoms with Gasteiger partial charge in [0, 0.05) is 0 Å². The smallest absolute Gasteiger partial charge is 0.355 e. The molecule has 22 heavy (non-hydrogen) atoms. The van der Waals surface area contributed by atoms with Crippen LogP contribution in [-0.4, -0.2) is 24.7 Å². The molecular formula is C17H21O4P. The Hall–Kier alpha value is -1.45. The van der Waals surface area contributed by atoms with Gasteiger partial charge in [0.2, 0.25) is 0 Å². The highest BCUT2D eigenvalue weighted by atomic mass is 31.2. The van der Waals surface area contributed by atoms with E-state index in [1.807, 2.05) is 60.7 Å². The highest BCUT2D eigenvalue weighted by molar-refractivity contribution is 7.53. The molecule has 2 aromatic carbocycles. The van der Waals surface area contributed by atoms with Crippen LogP contribution in [0.1, 0.15) is 11.1 Å². The van der Waals surface area contributed by atoms with E-state index >= 15 is 0 Å². The highest BCUT2D eigenvalue weighted by Crippen LogP contribution is 2.47. The van der Waals surface area contributed by atoms with Crippen LogP contribution in [0.15, 0.2) is 60.7 Å². The summed E-state index contributed by atoms with van der Waals surface area (Å²) in [6, 6.07) is 19.6. The third-order valence-electron chi connectivity index (χ3n) is 3.22. The van der Waals surface area contributed by atoms with Crippen molar-refractivity contribution in [3.63, 3.8) is 0 Å². The average Bonchev–Trinajstić information content (AvgIpc) is 2.57. The molecule has 0 aliphatic heterocycles. The number of hydrogen-bond donors (Lipinski definition) is 1. The maximum absolute atomic E-state index is 12.3. The fourth-order valence-corrected chi connectivity index (χ4v) is 2.99. The van der Waals surface area contributed by atoms with Crippen LogP contribution in [0.3, 0.4) is 0 Å². The lowest BCUT2D eigenvalue weighted by molar-refractivity contribution is 0.182. The molecule has 1 N–H and O–H groups in total. The van der Waals surface area contributed by atoms with Crippen molar-refractivity contribution >= 4 is 7.60 Å². The second-order valence-corrected chi connectivity index (χ2v) is 6.91. The summed E-state index contributed by atoms with van der Waals surface area (Å²) in [4.78, 5) is 0. The Morgan fingerprint density at radius 2 is 1.18 bits per heavy atom. The van der Waals surface area contributed by atoms with Crippen molar-refractivity contribution in [2.75, 3.05) is 19.6 Å². The second-order valence-electron chi connectivity index (χ2n) is 4.89. The molecule has 5 heteroatoms. The summed E-state index contributed by atoms with van der Waals surface area (Å²) in [5, 5.41) is 9.27. The van der Waals surface area contributed by atoms with Gasteiger partial charge in [-0.1, -0.05) is 60.7 Å². The Balaban J connectivity index is 1.75. The van der Waals surface area contributed by atoms with E-state index in [1.54, 1.807) is 0 Å². The molecule has 0 spiro atoms. The lowest BCUT2D eigenvalue weighted by Crippen LogP contribution is -2.05. The first-order valence-electron chi connectivity index (χ1n) is 7.29. The van der Waals surface area contributed by atoms with Gasteiger partial charge in [-0.15, -0.1) is 0 Å². The van der Waals surface area contributed by atoms with E-state index in [4.69, 9.17) is 9.05 Å². The van der Waals surface area contributed by atoms with Gasteiger partial charge in [-0.2, -0.15) is 0 Å². The van der Waals surface area contributed by atoms with Gasteiger partial charge in [-0.3, -0.25) is 4.57 Å². The second kappa shape index (κ2) is 8.86. The van der Waals surface area contributed by atoms with Gasteiger partial charge in [0.05, 0.1) is 13.2 Å². The summed E-state index contributed by atoms with van der Waals surface area (Å²) >= 11 is 0. The van der Waals surface area contributed by atoms with Gasteiger partial charge in [0.15, 0.2) is 0 Å². The van der Waals surface area contributed by atoms with Crippen LogP contribution < -0.4 is 0 Å². The zero-order chi connectivity index (χ0) is 15.7. The number of rotatable bonds is 9. The Bertz CT molecular complexity index is 537. The quantitative estimate of drug-likeness (QED) is 0.717. The van der Waals surface area contributed by atoms with Crippen molar-refractivity contribution < 1.29 is 18.7 Å². The first-order chi connectivity index (χ1) is 10.7. The van der Waals surface area contributed by atoms with Gasteiger partial charge >= 0.3 is 7.60 Å². The van der Waals surface area contributed by atoms with Crippen LogP contribution in [0.25, 0.3) is 0 Å². The van der Waals surface area contributed by atoms with Crippen LogP contribution in [0.2, 0.25) is 0 Å². The van der Waals surface area contributed by atoms with Gasteiger partial charge in [-0.05, 0) is 24.0 Å². The average molecular weight is 320 g/mol. The SMILES string of the molecule is O=P(CO)(OCCc1ccccc1)OCCc1ccccc1. The maximum Gasteiger partial charge on any atom is 0.355 e. The molecule has 4 nitrogen and oxygen atoms in total. The molecule has 0 amide bonds. The lowest BCUT2D eigenvalue weighted by atomic mass is 10.2. The van der Waals surface area contributed by atoms with E-state index < -0.39 is 13.9 Å². The fourth-order valence-electron chi connectivity index (χ4n) is 2.01. The first kappa shape index (κ1) is 16.9.